The van der Waals surface area contributed by atoms with Gasteiger partial charge in [-0.25, -0.2) is 0 Å². The van der Waals surface area contributed by atoms with E-state index in [4.69, 9.17) is 0 Å². The summed E-state index contributed by atoms with van der Waals surface area (Å²) in [5.41, 5.74) is 0. The highest BCUT2D eigenvalue weighted by molar-refractivity contribution is 5.87. The number of hydrogen-bond acceptors (Lipinski definition) is 2. The van der Waals surface area contributed by atoms with Crippen LogP contribution in [0.25, 0.3) is 0 Å². The lowest BCUT2D eigenvalue weighted by Crippen LogP contribution is -2.49. The number of hydrogen-bond donors (Lipinski definition) is 0. The Labute approximate surface area is 148 Å². The van der Waals surface area contributed by atoms with E-state index in [2.05, 4.69) is 34.1 Å². The van der Waals surface area contributed by atoms with E-state index in [0.29, 0.717) is 5.92 Å². The number of amides is 2. The molecule has 0 saturated carbocycles. The van der Waals surface area contributed by atoms with Gasteiger partial charge >= 0.3 is 0 Å². The van der Waals surface area contributed by atoms with Crippen LogP contribution in [0.2, 0.25) is 0 Å². The van der Waals surface area contributed by atoms with Gasteiger partial charge in [-0.1, -0.05) is 27.0 Å². The Morgan fingerprint density at radius 1 is 0.958 bits per heavy atom. The Balaban J connectivity index is 4.49. The molecule has 0 aromatic carbocycles. The average Bonchev–Trinajstić information content (AvgIpc) is 2.51. The molecule has 0 aliphatic heterocycles. The van der Waals surface area contributed by atoms with Crippen LogP contribution >= 0.6 is 0 Å². The van der Waals surface area contributed by atoms with E-state index in [1.165, 1.54) is 12.2 Å². The first-order valence-corrected chi connectivity index (χ1v) is 8.74. The van der Waals surface area contributed by atoms with Gasteiger partial charge in [0.15, 0.2) is 0 Å². The van der Waals surface area contributed by atoms with Crippen LogP contribution in [0.1, 0.15) is 26.7 Å². The minimum atomic E-state index is -0.0300. The van der Waals surface area contributed by atoms with Gasteiger partial charge in [-0.3, -0.25) is 9.59 Å². The molecule has 0 saturated heterocycles. The predicted molar refractivity (Wildman–Crippen MR) is 101 cm³/mol. The van der Waals surface area contributed by atoms with E-state index in [9.17, 15) is 9.59 Å². The zero-order chi connectivity index (χ0) is 18.8. The minimum Gasteiger partial charge on any atom is -0.342 e. The number of likely N-dealkylation sites (N-methyl/N-ethyl adjacent to an activating group) is 2. The van der Waals surface area contributed by atoms with Crippen molar-refractivity contribution in [2.75, 3.05) is 53.9 Å². The summed E-state index contributed by atoms with van der Waals surface area (Å²) in [7, 11) is 5.89. The molecule has 0 bridgehead atoms. The second-order valence-electron chi connectivity index (χ2n) is 7.28. The Kier molecular flexibility index (Phi) is 10.3. The van der Waals surface area contributed by atoms with Gasteiger partial charge < -0.3 is 14.3 Å². The van der Waals surface area contributed by atoms with Gasteiger partial charge in [0.2, 0.25) is 11.8 Å². The molecule has 5 heteroatoms. The maximum atomic E-state index is 11.5. The molecule has 0 unspecified atom stereocenters. The summed E-state index contributed by atoms with van der Waals surface area (Å²) in [6, 6.07) is 0. The van der Waals surface area contributed by atoms with Gasteiger partial charge in [0.25, 0.3) is 0 Å². The lowest BCUT2D eigenvalue weighted by Gasteiger charge is -2.37. The van der Waals surface area contributed by atoms with E-state index in [-0.39, 0.29) is 11.8 Å². The minimum absolute atomic E-state index is 0.0300. The lowest BCUT2D eigenvalue weighted by molar-refractivity contribution is -0.912. The SMILES string of the molecule is C=CC(=O)N(C)CCC[N+](C)(CCCN(C)C(=O)C=C)CC(C)C. The van der Waals surface area contributed by atoms with Crippen molar-refractivity contribution in [2.24, 2.45) is 5.92 Å². The molecule has 0 spiro atoms. The van der Waals surface area contributed by atoms with Gasteiger partial charge in [-0.15, -0.1) is 0 Å². The molecule has 0 aromatic rings. The molecule has 0 aliphatic rings. The van der Waals surface area contributed by atoms with Gasteiger partial charge in [0, 0.05) is 45.9 Å². The van der Waals surface area contributed by atoms with Crippen molar-refractivity contribution < 1.29 is 14.1 Å². The van der Waals surface area contributed by atoms with Crippen molar-refractivity contribution in [3.05, 3.63) is 25.3 Å². The van der Waals surface area contributed by atoms with E-state index < -0.39 is 0 Å². The van der Waals surface area contributed by atoms with E-state index >= 15 is 0 Å². The van der Waals surface area contributed by atoms with E-state index in [0.717, 1.165) is 50.0 Å². The lowest BCUT2D eigenvalue weighted by atomic mass is 10.1. The number of carbonyl (C=O) groups excluding carboxylic acids is 2. The third-order valence-electron chi connectivity index (χ3n) is 4.29. The van der Waals surface area contributed by atoms with Crippen molar-refractivity contribution in [2.45, 2.75) is 26.7 Å². The summed E-state index contributed by atoms with van der Waals surface area (Å²) in [6.45, 7) is 16.1. The average molecular weight is 339 g/mol. The normalized spacial score (nSPS) is 11.2. The van der Waals surface area contributed by atoms with Crippen molar-refractivity contribution in [3.8, 4) is 0 Å². The fourth-order valence-corrected chi connectivity index (χ4v) is 3.09. The van der Waals surface area contributed by atoms with Crippen LogP contribution in [-0.4, -0.2) is 80.0 Å². The van der Waals surface area contributed by atoms with Crippen molar-refractivity contribution >= 4 is 11.8 Å². The second kappa shape index (κ2) is 11.0. The summed E-state index contributed by atoms with van der Waals surface area (Å²) in [5.74, 6) is 0.547. The third kappa shape index (κ3) is 8.87. The number of carbonyl (C=O) groups is 2. The molecule has 0 fully saturated rings. The molecule has 138 valence electrons. The second-order valence-corrected chi connectivity index (χ2v) is 7.28. The highest BCUT2D eigenvalue weighted by atomic mass is 16.2. The van der Waals surface area contributed by atoms with Gasteiger partial charge in [0.05, 0.1) is 26.7 Å². The molecule has 24 heavy (non-hydrogen) atoms. The summed E-state index contributed by atoms with van der Waals surface area (Å²) >= 11 is 0. The fraction of sp³-hybridized carbons (Fsp3) is 0.684. The topological polar surface area (TPSA) is 40.6 Å². The molecule has 0 aromatic heterocycles. The van der Waals surface area contributed by atoms with Crippen LogP contribution in [-0.2, 0) is 9.59 Å². The summed E-state index contributed by atoms with van der Waals surface area (Å²) in [5, 5.41) is 0. The zero-order valence-corrected chi connectivity index (χ0v) is 16.3. The molecule has 2 amide bonds. The van der Waals surface area contributed by atoms with E-state index in [1.54, 1.807) is 9.80 Å². The largest absolute Gasteiger partial charge is 0.342 e. The highest BCUT2D eigenvalue weighted by Crippen LogP contribution is 2.12. The van der Waals surface area contributed by atoms with Crippen LogP contribution in [0.5, 0.6) is 0 Å². The highest BCUT2D eigenvalue weighted by Gasteiger charge is 2.23. The molecule has 0 heterocycles. The molecule has 5 nitrogen and oxygen atoms in total. The van der Waals surface area contributed by atoms with Crippen LogP contribution in [0.3, 0.4) is 0 Å². The van der Waals surface area contributed by atoms with Crippen LogP contribution in [0.4, 0.5) is 0 Å². The monoisotopic (exact) mass is 338 g/mol. The summed E-state index contributed by atoms with van der Waals surface area (Å²) in [6.07, 6.45) is 4.63. The molecule has 0 N–H and O–H groups in total. The number of quaternary nitrogens is 1. The smallest absolute Gasteiger partial charge is 0.245 e. The molecule has 0 radical (unpaired) electrons. The summed E-state index contributed by atoms with van der Waals surface area (Å²) < 4.78 is 0.962. The first-order chi connectivity index (χ1) is 11.1. The maximum Gasteiger partial charge on any atom is 0.245 e. The maximum absolute atomic E-state index is 11.5. The van der Waals surface area contributed by atoms with Gasteiger partial charge in [0.1, 0.15) is 0 Å². The third-order valence-corrected chi connectivity index (χ3v) is 4.29. The van der Waals surface area contributed by atoms with Gasteiger partial charge in [-0.05, 0) is 12.2 Å². The van der Waals surface area contributed by atoms with E-state index in [1.807, 2.05) is 14.1 Å². The van der Waals surface area contributed by atoms with Crippen molar-refractivity contribution in [1.29, 1.82) is 0 Å². The van der Waals surface area contributed by atoms with Crippen LogP contribution < -0.4 is 0 Å². The molecule has 0 atom stereocenters. The first-order valence-electron chi connectivity index (χ1n) is 8.74. The standard InChI is InChI=1S/C19H36N3O2/c1-8-18(23)20(5)12-10-14-22(7,16-17(3)4)15-11-13-21(6)19(24)9-2/h8-9,17H,1-2,10-16H2,3-7H3/q+1. The molecule has 0 rings (SSSR count). The van der Waals surface area contributed by atoms with Crippen molar-refractivity contribution in [3.63, 3.8) is 0 Å². The van der Waals surface area contributed by atoms with Crippen molar-refractivity contribution in [1.82, 2.24) is 9.80 Å². The Morgan fingerprint density at radius 3 is 1.62 bits per heavy atom. The Bertz CT molecular complexity index is 400. The Hall–Kier alpha value is -1.62. The summed E-state index contributed by atoms with van der Waals surface area (Å²) in [4.78, 5) is 26.5. The fourth-order valence-electron chi connectivity index (χ4n) is 3.09. The Morgan fingerprint density at radius 2 is 1.33 bits per heavy atom. The number of nitrogens with zero attached hydrogens (tertiary/aromatic N) is 3. The molecular formula is C19H36N3O2+. The number of rotatable bonds is 12. The molecule has 0 aliphatic carbocycles. The first kappa shape index (κ1) is 22.4. The van der Waals surface area contributed by atoms with Crippen LogP contribution in [0.15, 0.2) is 25.3 Å². The van der Waals surface area contributed by atoms with Gasteiger partial charge in [-0.2, -0.15) is 0 Å². The quantitative estimate of drug-likeness (QED) is 0.404. The predicted octanol–water partition coefficient (Wildman–Crippen LogP) is 2.16. The zero-order valence-electron chi connectivity index (χ0n) is 16.3. The van der Waals surface area contributed by atoms with Crippen LogP contribution in [0, 0.1) is 5.92 Å². The molecular weight excluding hydrogens is 302 g/mol.